The molecule has 3 heteroatoms. The fourth-order valence-electron chi connectivity index (χ4n) is 2.98. The van der Waals surface area contributed by atoms with E-state index in [1.165, 1.54) is 50.8 Å². The molecule has 1 saturated heterocycles. The van der Waals surface area contributed by atoms with Crippen LogP contribution in [0, 0.1) is 6.92 Å². The predicted molar refractivity (Wildman–Crippen MR) is 78.6 cm³/mol. The van der Waals surface area contributed by atoms with Gasteiger partial charge in [-0.25, -0.2) is 4.98 Å². The minimum absolute atomic E-state index is 0.553. The summed E-state index contributed by atoms with van der Waals surface area (Å²) in [5.41, 5.74) is 2.50. The Bertz CT molecular complexity index is 406. The first kappa shape index (κ1) is 14.3. The molecule has 0 aliphatic carbocycles. The number of hydrogen-bond acceptors (Lipinski definition) is 3. The van der Waals surface area contributed by atoms with Crippen LogP contribution in [0.1, 0.15) is 56.2 Å². The van der Waals surface area contributed by atoms with Crippen LogP contribution in [0.4, 0.5) is 0 Å². The van der Waals surface area contributed by atoms with Crippen LogP contribution in [0.15, 0.2) is 12.3 Å². The molecule has 0 N–H and O–H groups in total. The molecule has 0 unspecified atom stereocenters. The summed E-state index contributed by atoms with van der Waals surface area (Å²) in [6.45, 7) is 6.79. The van der Waals surface area contributed by atoms with Gasteiger partial charge in [0.2, 0.25) is 5.88 Å². The number of unbranched alkanes of at least 4 members (excludes halogenated alkanes) is 1. The zero-order valence-electron chi connectivity index (χ0n) is 12.5. The highest BCUT2D eigenvalue weighted by Gasteiger charge is 2.24. The first-order valence-corrected chi connectivity index (χ1v) is 7.50. The van der Waals surface area contributed by atoms with Crippen molar-refractivity contribution < 1.29 is 4.74 Å². The Morgan fingerprint density at radius 2 is 2.26 bits per heavy atom. The van der Waals surface area contributed by atoms with Crippen LogP contribution in [0.25, 0.3) is 0 Å². The van der Waals surface area contributed by atoms with Gasteiger partial charge in [0.15, 0.2) is 0 Å². The number of nitrogens with zero attached hydrogens (tertiary/aromatic N) is 2. The zero-order valence-corrected chi connectivity index (χ0v) is 12.5. The molecular formula is C16H26N2O. The topological polar surface area (TPSA) is 25.4 Å². The Morgan fingerprint density at radius 3 is 2.95 bits per heavy atom. The molecule has 0 radical (unpaired) electrons. The lowest BCUT2D eigenvalue weighted by atomic mass is 9.95. The van der Waals surface area contributed by atoms with Crippen LogP contribution >= 0.6 is 0 Å². The summed E-state index contributed by atoms with van der Waals surface area (Å²) in [5.74, 6) is 0.750. The van der Waals surface area contributed by atoms with Crippen molar-refractivity contribution in [1.82, 2.24) is 9.88 Å². The van der Waals surface area contributed by atoms with Crippen LogP contribution in [0.3, 0.4) is 0 Å². The summed E-state index contributed by atoms with van der Waals surface area (Å²) in [6, 6.07) is 2.80. The molecule has 1 atom stereocenters. The summed E-state index contributed by atoms with van der Waals surface area (Å²) in [5, 5.41) is 0. The number of hydrogen-bond donors (Lipinski definition) is 0. The van der Waals surface area contributed by atoms with Crippen molar-refractivity contribution in [3.63, 3.8) is 0 Å². The fraction of sp³-hybridized carbons (Fsp3) is 0.688. The van der Waals surface area contributed by atoms with Crippen molar-refractivity contribution in [2.24, 2.45) is 0 Å². The number of methoxy groups -OCH3 is 1. The summed E-state index contributed by atoms with van der Waals surface area (Å²) >= 11 is 0. The minimum Gasteiger partial charge on any atom is -0.481 e. The Labute approximate surface area is 117 Å². The Balaban J connectivity index is 2.14. The maximum atomic E-state index is 5.25. The molecule has 19 heavy (non-hydrogen) atoms. The van der Waals surface area contributed by atoms with E-state index in [4.69, 9.17) is 4.74 Å². The molecule has 106 valence electrons. The van der Waals surface area contributed by atoms with Crippen LogP contribution in [0.5, 0.6) is 5.88 Å². The van der Waals surface area contributed by atoms with Crippen LogP contribution in [0.2, 0.25) is 0 Å². The van der Waals surface area contributed by atoms with E-state index in [1.807, 2.05) is 6.20 Å². The van der Waals surface area contributed by atoms with E-state index in [9.17, 15) is 0 Å². The maximum Gasteiger partial charge on any atom is 0.215 e. The van der Waals surface area contributed by atoms with Gasteiger partial charge in [-0.1, -0.05) is 19.8 Å². The van der Waals surface area contributed by atoms with Crippen LogP contribution in [-0.2, 0) is 0 Å². The number of aromatic nitrogens is 1. The molecule has 0 bridgehead atoms. The van der Waals surface area contributed by atoms with Crippen molar-refractivity contribution in [1.29, 1.82) is 0 Å². The molecule has 1 aliphatic heterocycles. The predicted octanol–water partition coefficient (Wildman–Crippen LogP) is 3.73. The number of pyridine rings is 1. The van der Waals surface area contributed by atoms with Gasteiger partial charge < -0.3 is 4.74 Å². The third-order valence-corrected chi connectivity index (χ3v) is 4.04. The van der Waals surface area contributed by atoms with Crippen molar-refractivity contribution in [3.05, 3.63) is 23.4 Å². The van der Waals surface area contributed by atoms with Gasteiger partial charge in [-0.3, -0.25) is 4.90 Å². The second-order valence-electron chi connectivity index (χ2n) is 5.50. The highest BCUT2D eigenvalue weighted by atomic mass is 16.5. The molecule has 3 nitrogen and oxygen atoms in total. The minimum atomic E-state index is 0.553. The lowest BCUT2D eigenvalue weighted by Crippen LogP contribution is -2.34. The van der Waals surface area contributed by atoms with Crippen molar-refractivity contribution in [3.8, 4) is 5.88 Å². The number of aryl methyl sites for hydroxylation is 1. The van der Waals surface area contributed by atoms with Gasteiger partial charge in [-0.05, 0) is 50.9 Å². The van der Waals surface area contributed by atoms with Gasteiger partial charge in [0.1, 0.15) is 0 Å². The van der Waals surface area contributed by atoms with E-state index in [-0.39, 0.29) is 0 Å². The first-order chi connectivity index (χ1) is 9.26. The monoisotopic (exact) mass is 262 g/mol. The van der Waals surface area contributed by atoms with Crippen LogP contribution in [-0.4, -0.2) is 30.1 Å². The molecule has 0 saturated carbocycles. The third-order valence-electron chi connectivity index (χ3n) is 4.04. The van der Waals surface area contributed by atoms with E-state index in [2.05, 4.69) is 29.8 Å². The molecule has 2 rings (SSSR count). The highest BCUT2D eigenvalue weighted by Crippen LogP contribution is 2.32. The second kappa shape index (κ2) is 6.90. The van der Waals surface area contributed by atoms with Crippen molar-refractivity contribution in [2.45, 2.75) is 52.0 Å². The van der Waals surface area contributed by atoms with E-state index in [1.54, 1.807) is 7.11 Å². The summed E-state index contributed by atoms with van der Waals surface area (Å²) < 4.78 is 5.25. The van der Waals surface area contributed by atoms with E-state index < -0.39 is 0 Å². The maximum absolute atomic E-state index is 5.25. The average molecular weight is 262 g/mol. The molecule has 0 aromatic carbocycles. The quantitative estimate of drug-likeness (QED) is 0.808. The summed E-state index contributed by atoms with van der Waals surface area (Å²) in [4.78, 5) is 7.07. The van der Waals surface area contributed by atoms with Gasteiger partial charge in [-0.2, -0.15) is 0 Å². The van der Waals surface area contributed by atoms with Gasteiger partial charge >= 0.3 is 0 Å². The van der Waals surface area contributed by atoms with E-state index in [0.29, 0.717) is 6.04 Å². The highest BCUT2D eigenvalue weighted by molar-refractivity contribution is 5.30. The average Bonchev–Trinajstić information content (AvgIpc) is 2.45. The number of ether oxygens (including phenoxy) is 1. The van der Waals surface area contributed by atoms with Gasteiger partial charge in [-0.15, -0.1) is 0 Å². The fourth-order valence-corrected chi connectivity index (χ4v) is 2.98. The molecule has 1 aromatic rings. The molecule has 1 fully saturated rings. The third kappa shape index (κ3) is 3.47. The summed E-state index contributed by atoms with van der Waals surface area (Å²) in [7, 11) is 1.68. The normalized spacial score (nSPS) is 20.5. The smallest absolute Gasteiger partial charge is 0.215 e. The number of likely N-dealkylation sites (tertiary alicyclic amines) is 1. The lowest BCUT2D eigenvalue weighted by molar-refractivity contribution is 0.146. The largest absolute Gasteiger partial charge is 0.481 e. The van der Waals surface area contributed by atoms with Crippen molar-refractivity contribution >= 4 is 0 Å². The summed E-state index contributed by atoms with van der Waals surface area (Å²) in [6.07, 6.45) is 8.49. The SMILES string of the molecule is CCCCN1CCCC[C@@H]1c1cnc(OC)c(C)c1. The molecule has 2 heterocycles. The Hall–Kier alpha value is -1.09. The first-order valence-electron chi connectivity index (χ1n) is 7.50. The number of rotatable bonds is 5. The number of piperidine rings is 1. The standard InChI is InChI=1S/C16H26N2O/c1-4-5-9-18-10-7-6-8-15(18)14-11-13(2)16(19-3)17-12-14/h11-12,15H,4-10H2,1-3H3/t15-/m1/s1. The molecule has 1 aromatic heterocycles. The molecular weight excluding hydrogens is 236 g/mol. The van der Waals surface area contributed by atoms with Gasteiger partial charge in [0, 0.05) is 17.8 Å². The second-order valence-corrected chi connectivity index (χ2v) is 5.50. The lowest BCUT2D eigenvalue weighted by Gasteiger charge is -2.36. The zero-order chi connectivity index (χ0) is 13.7. The molecule has 0 spiro atoms. The Morgan fingerprint density at radius 1 is 1.42 bits per heavy atom. The van der Waals surface area contributed by atoms with E-state index in [0.717, 1.165) is 11.4 Å². The van der Waals surface area contributed by atoms with Crippen molar-refractivity contribution in [2.75, 3.05) is 20.2 Å². The van der Waals surface area contributed by atoms with E-state index >= 15 is 0 Å². The van der Waals surface area contributed by atoms with Crippen LogP contribution < -0.4 is 4.74 Å². The molecule has 1 aliphatic rings. The molecule has 0 amide bonds. The van der Waals surface area contributed by atoms with Gasteiger partial charge in [0.25, 0.3) is 0 Å². The Kier molecular flexibility index (Phi) is 5.20. The van der Waals surface area contributed by atoms with Gasteiger partial charge in [0.05, 0.1) is 7.11 Å².